The Morgan fingerprint density at radius 2 is 2.05 bits per heavy atom. The van der Waals surface area contributed by atoms with Crippen LogP contribution in [0.3, 0.4) is 0 Å². The summed E-state index contributed by atoms with van der Waals surface area (Å²) in [6.45, 7) is 0. The summed E-state index contributed by atoms with van der Waals surface area (Å²) in [5.41, 5.74) is 4.15. The van der Waals surface area contributed by atoms with Crippen LogP contribution in [-0.4, -0.2) is 21.1 Å². The quantitative estimate of drug-likeness (QED) is 0.391. The summed E-state index contributed by atoms with van der Waals surface area (Å²) in [6, 6.07) is 14.6. The zero-order chi connectivity index (χ0) is 15.1. The maximum absolute atomic E-state index is 11.4. The molecule has 108 valence electrons. The Morgan fingerprint density at radius 1 is 1.18 bits per heavy atom. The summed E-state index contributed by atoms with van der Waals surface area (Å²) in [5, 5.41) is 9.68. The maximum Gasteiger partial charge on any atom is 0.274 e. The minimum atomic E-state index is -0.568. The number of hydroxylamine groups is 1. The van der Waals surface area contributed by atoms with E-state index in [0.717, 1.165) is 11.0 Å². The number of rotatable bonds is 2. The highest BCUT2D eigenvalue weighted by Gasteiger charge is 2.12. The number of hydrogen-bond donors (Lipinski definition) is 3. The van der Waals surface area contributed by atoms with E-state index < -0.39 is 5.91 Å². The number of carbonyl (C=O) groups excluding carboxylic acids is 1. The Bertz CT molecular complexity index is 967. The van der Waals surface area contributed by atoms with Crippen LogP contribution in [0.5, 0.6) is 0 Å². The Balaban J connectivity index is 1.83. The van der Waals surface area contributed by atoms with Crippen molar-refractivity contribution < 1.29 is 14.4 Å². The van der Waals surface area contributed by atoms with Gasteiger partial charge < -0.3 is 9.40 Å². The molecule has 6 nitrogen and oxygen atoms in total. The molecule has 6 heteroatoms. The first kappa shape index (κ1) is 12.6. The highest BCUT2D eigenvalue weighted by Crippen LogP contribution is 2.27. The van der Waals surface area contributed by atoms with E-state index in [9.17, 15) is 4.79 Å². The number of hydrogen-bond acceptors (Lipinski definition) is 4. The van der Waals surface area contributed by atoms with Crippen molar-refractivity contribution in [1.82, 2.24) is 15.4 Å². The first-order valence-corrected chi connectivity index (χ1v) is 6.68. The van der Waals surface area contributed by atoms with E-state index in [1.165, 1.54) is 0 Å². The summed E-state index contributed by atoms with van der Waals surface area (Å²) in [5.74, 6) is 0.653. The standard InChI is InChI=1S/C16H11N3O3/c20-16(19-21)10-5-6-11-12(7-10)18-15(17-11)14-8-9-3-1-2-4-13(9)22-14/h1-8,21H,(H,17,18)(H,19,20). The van der Waals surface area contributed by atoms with E-state index >= 15 is 0 Å². The number of fused-ring (bicyclic) bond motifs is 2. The molecule has 4 rings (SSSR count). The van der Waals surface area contributed by atoms with Crippen molar-refractivity contribution in [2.24, 2.45) is 0 Å². The summed E-state index contributed by atoms with van der Waals surface area (Å²) < 4.78 is 5.77. The molecule has 0 unspecified atom stereocenters. The van der Waals surface area contributed by atoms with Crippen molar-refractivity contribution >= 4 is 27.9 Å². The van der Waals surface area contributed by atoms with E-state index in [2.05, 4.69) is 9.97 Å². The second-order valence-electron chi connectivity index (χ2n) is 4.91. The lowest BCUT2D eigenvalue weighted by atomic mass is 10.2. The van der Waals surface area contributed by atoms with Gasteiger partial charge in [-0.3, -0.25) is 10.0 Å². The SMILES string of the molecule is O=C(NO)c1ccc2nc(-c3cc4ccccc4o3)[nH]c2c1. The number of aromatic amines is 1. The number of amides is 1. The molecule has 0 saturated carbocycles. The molecule has 0 aliphatic rings. The van der Waals surface area contributed by atoms with Gasteiger partial charge in [0, 0.05) is 10.9 Å². The Kier molecular flexibility index (Phi) is 2.70. The van der Waals surface area contributed by atoms with Gasteiger partial charge in [0.2, 0.25) is 0 Å². The van der Waals surface area contributed by atoms with Crippen molar-refractivity contribution in [3.63, 3.8) is 0 Å². The van der Waals surface area contributed by atoms with E-state index in [4.69, 9.17) is 9.62 Å². The lowest BCUT2D eigenvalue weighted by Crippen LogP contribution is -2.18. The molecule has 0 aliphatic carbocycles. The molecule has 0 aliphatic heterocycles. The minimum absolute atomic E-state index is 0.342. The fourth-order valence-electron chi connectivity index (χ4n) is 2.43. The average molecular weight is 293 g/mol. The van der Waals surface area contributed by atoms with Crippen molar-refractivity contribution in [3.05, 3.63) is 54.1 Å². The first-order valence-electron chi connectivity index (χ1n) is 6.68. The minimum Gasteiger partial charge on any atom is -0.453 e. The van der Waals surface area contributed by atoms with E-state index in [0.29, 0.717) is 28.2 Å². The van der Waals surface area contributed by atoms with Crippen LogP contribution >= 0.6 is 0 Å². The summed E-state index contributed by atoms with van der Waals surface area (Å²) in [7, 11) is 0. The van der Waals surface area contributed by atoms with Gasteiger partial charge in [-0.15, -0.1) is 0 Å². The molecular formula is C16H11N3O3. The first-order chi connectivity index (χ1) is 10.7. The van der Waals surface area contributed by atoms with Crippen molar-refractivity contribution in [2.45, 2.75) is 0 Å². The average Bonchev–Trinajstić information content (AvgIpc) is 3.16. The molecule has 0 fully saturated rings. The zero-order valence-electron chi connectivity index (χ0n) is 11.3. The number of nitrogens with one attached hydrogen (secondary N) is 2. The number of carbonyl (C=O) groups is 1. The highest BCUT2D eigenvalue weighted by molar-refractivity contribution is 5.97. The molecule has 0 atom stereocenters. The smallest absolute Gasteiger partial charge is 0.274 e. The van der Waals surface area contributed by atoms with E-state index in [1.54, 1.807) is 23.7 Å². The van der Waals surface area contributed by atoms with Crippen molar-refractivity contribution in [2.75, 3.05) is 0 Å². The molecular weight excluding hydrogens is 282 g/mol. The molecule has 1 amide bonds. The van der Waals surface area contributed by atoms with Crippen LogP contribution in [0, 0.1) is 0 Å². The number of H-pyrrole nitrogens is 1. The molecule has 2 aromatic heterocycles. The summed E-state index contributed by atoms with van der Waals surface area (Å²) in [4.78, 5) is 19.0. The van der Waals surface area contributed by atoms with Crippen LogP contribution in [0.25, 0.3) is 33.6 Å². The summed E-state index contributed by atoms with van der Waals surface area (Å²) >= 11 is 0. The largest absolute Gasteiger partial charge is 0.453 e. The van der Waals surface area contributed by atoms with Crippen LogP contribution < -0.4 is 5.48 Å². The third-order valence-electron chi connectivity index (χ3n) is 3.50. The van der Waals surface area contributed by atoms with Crippen molar-refractivity contribution in [1.29, 1.82) is 0 Å². The molecule has 2 aromatic carbocycles. The molecule has 0 spiro atoms. The number of furan rings is 1. The third-order valence-corrected chi connectivity index (χ3v) is 3.50. The van der Waals surface area contributed by atoms with Crippen LogP contribution in [-0.2, 0) is 0 Å². The topological polar surface area (TPSA) is 91.2 Å². The molecule has 22 heavy (non-hydrogen) atoms. The fraction of sp³-hybridized carbons (Fsp3) is 0. The van der Waals surface area contributed by atoms with E-state index in [-0.39, 0.29) is 0 Å². The van der Waals surface area contributed by atoms with Gasteiger partial charge in [0.15, 0.2) is 11.6 Å². The van der Waals surface area contributed by atoms with Gasteiger partial charge >= 0.3 is 0 Å². The maximum atomic E-state index is 11.4. The van der Waals surface area contributed by atoms with Crippen molar-refractivity contribution in [3.8, 4) is 11.6 Å². The fourth-order valence-corrected chi connectivity index (χ4v) is 2.43. The molecule has 0 bridgehead atoms. The van der Waals surface area contributed by atoms with Gasteiger partial charge in [-0.2, -0.15) is 0 Å². The van der Waals surface area contributed by atoms with Gasteiger partial charge in [0.1, 0.15) is 5.58 Å². The van der Waals surface area contributed by atoms with Crippen LogP contribution in [0.1, 0.15) is 10.4 Å². The Labute approximate surface area is 124 Å². The highest BCUT2D eigenvalue weighted by atomic mass is 16.5. The second-order valence-corrected chi connectivity index (χ2v) is 4.91. The zero-order valence-corrected chi connectivity index (χ0v) is 11.3. The van der Waals surface area contributed by atoms with E-state index in [1.807, 2.05) is 30.3 Å². The summed E-state index contributed by atoms with van der Waals surface area (Å²) in [6.07, 6.45) is 0. The molecule has 0 saturated heterocycles. The van der Waals surface area contributed by atoms with Crippen LogP contribution in [0.4, 0.5) is 0 Å². The van der Waals surface area contributed by atoms with Gasteiger partial charge in [0.25, 0.3) is 5.91 Å². The number of nitrogens with zero attached hydrogens (tertiary/aromatic N) is 1. The monoisotopic (exact) mass is 293 g/mol. The predicted octanol–water partition coefficient (Wildman–Crippen LogP) is 3.10. The number of imidazole rings is 1. The lowest BCUT2D eigenvalue weighted by molar-refractivity contribution is 0.0706. The van der Waals surface area contributed by atoms with Crippen LogP contribution in [0.2, 0.25) is 0 Å². The Hall–Kier alpha value is -3.12. The number of aromatic nitrogens is 2. The molecule has 0 radical (unpaired) electrons. The lowest BCUT2D eigenvalue weighted by Gasteiger charge is -1.97. The van der Waals surface area contributed by atoms with Gasteiger partial charge in [-0.1, -0.05) is 18.2 Å². The van der Waals surface area contributed by atoms with Gasteiger partial charge in [-0.25, -0.2) is 10.5 Å². The number of para-hydroxylation sites is 1. The third kappa shape index (κ3) is 1.94. The normalized spacial score (nSPS) is 11.1. The predicted molar refractivity (Wildman–Crippen MR) is 80.6 cm³/mol. The van der Waals surface area contributed by atoms with Crippen LogP contribution in [0.15, 0.2) is 52.9 Å². The van der Waals surface area contributed by atoms with Gasteiger partial charge in [-0.05, 0) is 30.3 Å². The Morgan fingerprint density at radius 3 is 2.86 bits per heavy atom. The molecule has 2 heterocycles. The number of benzene rings is 2. The molecule has 3 N–H and O–H groups in total. The second kappa shape index (κ2) is 4.71. The van der Waals surface area contributed by atoms with Gasteiger partial charge in [0.05, 0.1) is 11.0 Å². The molecule has 4 aromatic rings.